The van der Waals surface area contributed by atoms with Crippen molar-refractivity contribution in [2.75, 3.05) is 6.54 Å². The Hall–Kier alpha value is -1.94. The topological polar surface area (TPSA) is 93.5 Å². The Labute approximate surface area is 116 Å². The molecule has 0 radical (unpaired) electrons. The first-order valence-electron chi connectivity index (χ1n) is 5.67. The summed E-state index contributed by atoms with van der Waals surface area (Å²) in [5.41, 5.74) is 4.42. The number of rotatable bonds is 4. The molecule has 122 valence electrons. The molecule has 0 atom stereocenters. The van der Waals surface area contributed by atoms with Gasteiger partial charge >= 0.3 is 12.4 Å². The van der Waals surface area contributed by atoms with E-state index in [0.717, 1.165) is 0 Å². The Bertz CT molecular complexity index is 438. The van der Waals surface area contributed by atoms with Gasteiger partial charge < -0.3 is 16.8 Å². The maximum absolute atomic E-state index is 12.5. The molecule has 1 amide bonds. The minimum absolute atomic E-state index is 0.103. The molecule has 0 aliphatic carbocycles. The first kappa shape index (κ1) is 19.1. The molecule has 0 aliphatic heterocycles. The number of amidine groups is 1. The molecule has 0 heterocycles. The van der Waals surface area contributed by atoms with Crippen LogP contribution in [0.4, 0.5) is 26.3 Å². The number of nitrogens with zero attached hydrogens (tertiary/aromatic N) is 1. The summed E-state index contributed by atoms with van der Waals surface area (Å²) in [4.78, 5) is 13.8. The van der Waals surface area contributed by atoms with E-state index in [1.165, 1.54) is 0 Å². The predicted octanol–water partition coefficient (Wildman–Crippen LogP) is 1.55. The van der Waals surface area contributed by atoms with Gasteiger partial charge in [-0.15, -0.1) is 0 Å². The molecular formula is C10H14F6N4O. The van der Waals surface area contributed by atoms with Crippen molar-refractivity contribution >= 4 is 11.7 Å². The molecule has 0 aromatic heterocycles. The van der Waals surface area contributed by atoms with Crippen LogP contribution in [0.15, 0.2) is 16.4 Å². The molecule has 0 aromatic rings. The number of amides is 1. The number of hydrogen-bond donors (Lipinski definition) is 3. The van der Waals surface area contributed by atoms with E-state index in [9.17, 15) is 31.1 Å². The number of carbonyl (C=O) groups excluding carboxylic acids is 1. The Kier molecular flexibility index (Phi) is 6.52. The highest BCUT2D eigenvalue weighted by molar-refractivity contribution is 6.37. The zero-order valence-corrected chi connectivity index (χ0v) is 10.9. The van der Waals surface area contributed by atoms with Crippen molar-refractivity contribution in [1.82, 2.24) is 5.32 Å². The lowest BCUT2D eigenvalue weighted by atomic mass is 10.3. The molecule has 11 heteroatoms. The molecule has 0 fully saturated rings. The zero-order valence-electron chi connectivity index (χ0n) is 10.9. The molecule has 0 saturated carbocycles. The van der Waals surface area contributed by atoms with Gasteiger partial charge in [0.1, 0.15) is 5.70 Å². The van der Waals surface area contributed by atoms with E-state index in [1.807, 2.05) is 0 Å². The van der Waals surface area contributed by atoms with E-state index in [1.54, 1.807) is 6.92 Å². The van der Waals surface area contributed by atoms with Gasteiger partial charge in [-0.1, -0.05) is 13.3 Å². The molecule has 0 spiro atoms. The van der Waals surface area contributed by atoms with Gasteiger partial charge in [-0.2, -0.15) is 26.3 Å². The van der Waals surface area contributed by atoms with Crippen LogP contribution in [-0.2, 0) is 4.79 Å². The number of carbonyl (C=O) groups is 1. The fourth-order valence-electron chi connectivity index (χ4n) is 1.05. The second-order valence-electron chi connectivity index (χ2n) is 3.86. The van der Waals surface area contributed by atoms with Crippen molar-refractivity contribution < 1.29 is 31.1 Å². The van der Waals surface area contributed by atoms with E-state index in [4.69, 9.17) is 5.73 Å². The fraction of sp³-hybridized carbons (Fsp3) is 0.600. The normalized spacial score (nSPS) is 14.7. The van der Waals surface area contributed by atoms with Gasteiger partial charge in [-0.05, 0) is 6.42 Å². The molecule has 0 rings (SSSR count). The highest BCUT2D eigenvalue weighted by Gasteiger charge is 2.45. The summed E-state index contributed by atoms with van der Waals surface area (Å²) in [7, 11) is 0. The fourth-order valence-corrected chi connectivity index (χ4v) is 1.05. The van der Waals surface area contributed by atoms with E-state index in [-0.39, 0.29) is 6.54 Å². The molecule has 0 bridgehead atoms. The third-order valence-electron chi connectivity index (χ3n) is 2.11. The van der Waals surface area contributed by atoms with Crippen molar-refractivity contribution in [3.63, 3.8) is 0 Å². The number of allylic oxidation sites excluding steroid dienone is 2. The molecule has 5 N–H and O–H groups in total. The van der Waals surface area contributed by atoms with E-state index in [0.29, 0.717) is 12.8 Å². The van der Waals surface area contributed by atoms with Crippen LogP contribution >= 0.6 is 0 Å². The molecule has 0 unspecified atom stereocenters. The number of nitrogens with two attached hydrogens (primary N) is 2. The number of nitrogens with one attached hydrogen (secondary N) is 1. The van der Waals surface area contributed by atoms with Gasteiger partial charge in [0.25, 0.3) is 5.91 Å². The second-order valence-corrected chi connectivity index (χ2v) is 3.86. The summed E-state index contributed by atoms with van der Waals surface area (Å²) in [5.74, 6) is -2.47. The number of halogens is 6. The predicted molar refractivity (Wildman–Crippen MR) is 62.9 cm³/mol. The van der Waals surface area contributed by atoms with E-state index in [2.05, 4.69) is 16.0 Å². The van der Waals surface area contributed by atoms with Crippen molar-refractivity contribution in [3.8, 4) is 0 Å². The van der Waals surface area contributed by atoms with Crippen molar-refractivity contribution in [2.45, 2.75) is 32.1 Å². The first-order valence-corrected chi connectivity index (χ1v) is 5.67. The second kappa shape index (κ2) is 7.18. The highest BCUT2D eigenvalue weighted by atomic mass is 19.4. The Morgan fingerprint density at radius 2 is 1.62 bits per heavy atom. The molecule has 0 aliphatic rings. The molecular weight excluding hydrogens is 306 g/mol. The summed E-state index contributed by atoms with van der Waals surface area (Å²) in [5, 5.41) is 2.11. The lowest BCUT2D eigenvalue weighted by molar-refractivity contribution is -0.117. The van der Waals surface area contributed by atoms with Crippen LogP contribution in [0.2, 0.25) is 0 Å². The Balaban J connectivity index is 5.42. The number of hydrogen-bond acceptors (Lipinski definition) is 3. The van der Waals surface area contributed by atoms with Gasteiger partial charge in [0.15, 0.2) is 11.5 Å². The van der Waals surface area contributed by atoms with Crippen LogP contribution in [0, 0.1) is 0 Å². The summed E-state index contributed by atoms with van der Waals surface area (Å²) in [6.07, 6.45) is -9.75. The first-order chi connectivity index (χ1) is 9.41. The average Bonchev–Trinajstić information content (AvgIpc) is 2.32. The van der Waals surface area contributed by atoms with Gasteiger partial charge in [0.2, 0.25) is 0 Å². The Morgan fingerprint density at radius 3 is 2.00 bits per heavy atom. The Morgan fingerprint density at radius 1 is 1.10 bits per heavy atom. The maximum atomic E-state index is 12.5. The zero-order chi connectivity index (χ0) is 16.8. The highest BCUT2D eigenvalue weighted by Crippen LogP contribution is 2.34. The minimum atomic E-state index is -5.51. The smallest absolute Gasteiger partial charge is 0.393 e. The molecule has 0 aromatic carbocycles. The third-order valence-corrected chi connectivity index (χ3v) is 2.11. The van der Waals surface area contributed by atoms with Crippen LogP contribution < -0.4 is 16.8 Å². The largest absolute Gasteiger partial charge is 0.435 e. The van der Waals surface area contributed by atoms with Crippen LogP contribution in [-0.4, -0.2) is 30.6 Å². The van der Waals surface area contributed by atoms with Gasteiger partial charge in [0.05, 0.1) is 0 Å². The van der Waals surface area contributed by atoms with Gasteiger partial charge in [-0.3, -0.25) is 4.79 Å². The summed E-state index contributed by atoms with van der Waals surface area (Å²) in [6, 6.07) is 0. The summed E-state index contributed by atoms with van der Waals surface area (Å²) >= 11 is 0. The van der Waals surface area contributed by atoms with Crippen LogP contribution in [0.1, 0.15) is 19.8 Å². The van der Waals surface area contributed by atoms with Crippen LogP contribution in [0.5, 0.6) is 0 Å². The maximum Gasteiger partial charge on any atom is 0.435 e. The van der Waals surface area contributed by atoms with E-state index < -0.39 is 35.5 Å². The molecule has 21 heavy (non-hydrogen) atoms. The number of unbranched alkanes of at least 4 members (excludes halogenated alkanes) is 1. The van der Waals surface area contributed by atoms with Crippen molar-refractivity contribution in [1.29, 1.82) is 0 Å². The van der Waals surface area contributed by atoms with Crippen molar-refractivity contribution in [3.05, 3.63) is 11.4 Å². The lowest BCUT2D eigenvalue weighted by Crippen LogP contribution is -2.38. The average molecular weight is 320 g/mol. The standard InChI is InChI=1S/C10H14F6N4O/c1-2-3-4-19-8(21)7(18)20-6(10(14,15)16)5(17)9(11,12)13/h2-4,17H2,1H3,(H2,18,20)(H,19,21)/b6-5-. The minimum Gasteiger partial charge on any atom is -0.393 e. The van der Waals surface area contributed by atoms with Gasteiger partial charge in [-0.25, -0.2) is 4.99 Å². The number of alkyl halides is 6. The summed E-state index contributed by atoms with van der Waals surface area (Å²) < 4.78 is 74.2. The molecule has 5 nitrogen and oxygen atoms in total. The number of aliphatic imine (C=N–C) groups is 1. The quantitative estimate of drug-likeness (QED) is 0.317. The lowest BCUT2D eigenvalue weighted by Gasteiger charge is -2.14. The summed E-state index contributed by atoms with van der Waals surface area (Å²) in [6.45, 7) is 1.89. The van der Waals surface area contributed by atoms with E-state index >= 15 is 0 Å². The SMILES string of the molecule is CCCCNC(=O)C(N)=N/C(=C(\N)C(F)(F)F)C(F)(F)F. The third kappa shape index (κ3) is 6.36. The van der Waals surface area contributed by atoms with Crippen LogP contribution in [0.25, 0.3) is 0 Å². The molecule has 0 saturated heterocycles. The van der Waals surface area contributed by atoms with Crippen molar-refractivity contribution in [2.24, 2.45) is 16.5 Å². The van der Waals surface area contributed by atoms with Gasteiger partial charge in [0, 0.05) is 6.54 Å². The monoisotopic (exact) mass is 320 g/mol. The van der Waals surface area contributed by atoms with Crippen LogP contribution in [0.3, 0.4) is 0 Å².